The number of tetrazole rings is 1. The number of carbonyl (C=O) groups excluding carboxylic acids is 1. The van der Waals surface area contributed by atoms with Crippen molar-refractivity contribution in [3.8, 4) is 17.2 Å². The predicted octanol–water partition coefficient (Wildman–Crippen LogP) is 1.57. The molecule has 0 atom stereocenters. The van der Waals surface area contributed by atoms with Crippen LogP contribution in [0.5, 0.6) is 11.5 Å². The molecular weight excluding hydrogens is 418 g/mol. The molecular formula is C17H15N5O5S2. The molecule has 2 heterocycles. The number of sulfonamides is 1. The summed E-state index contributed by atoms with van der Waals surface area (Å²) in [6.07, 6.45) is 0. The van der Waals surface area contributed by atoms with Crippen LogP contribution in [0.3, 0.4) is 0 Å². The van der Waals surface area contributed by atoms with Crippen molar-refractivity contribution in [1.82, 2.24) is 24.5 Å². The van der Waals surface area contributed by atoms with Crippen molar-refractivity contribution in [3.05, 3.63) is 48.0 Å². The number of benzene rings is 2. The van der Waals surface area contributed by atoms with E-state index >= 15 is 0 Å². The highest BCUT2D eigenvalue weighted by molar-refractivity contribution is 8.00. The summed E-state index contributed by atoms with van der Waals surface area (Å²) in [7, 11) is -1.30. The van der Waals surface area contributed by atoms with Crippen LogP contribution in [-0.4, -0.2) is 58.9 Å². The lowest BCUT2D eigenvalue weighted by atomic mass is 10.2. The minimum atomic E-state index is -4.07. The van der Waals surface area contributed by atoms with Crippen LogP contribution >= 0.6 is 11.8 Å². The number of thioether (sulfide) groups is 1. The Morgan fingerprint density at radius 2 is 1.86 bits per heavy atom. The van der Waals surface area contributed by atoms with E-state index in [-0.39, 0.29) is 27.8 Å². The third-order valence-corrected chi connectivity index (χ3v) is 7.07. The Kier molecular flexibility index (Phi) is 4.88. The fraction of sp³-hybridized carbons (Fsp3) is 0.176. The molecule has 12 heteroatoms. The molecule has 1 aromatic heterocycles. The minimum Gasteiger partial charge on any atom is -0.497 e. The van der Waals surface area contributed by atoms with E-state index in [9.17, 15) is 13.2 Å². The maximum absolute atomic E-state index is 13.0. The van der Waals surface area contributed by atoms with Crippen LogP contribution in [-0.2, 0) is 10.0 Å². The number of fused-ring (bicyclic) bond motifs is 1. The van der Waals surface area contributed by atoms with Crippen molar-refractivity contribution in [1.29, 1.82) is 0 Å². The van der Waals surface area contributed by atoms with E-state index in [0.29, 0.717) is 10.8 Å². The zero-order valence-corrected chi connectivity index (χ0v) is 17.0. The molecule has 3 aromatic rings. The van der Waals surface area contributed by atoms with Crippen molar-refractivity contribution in [3.63, 3.8) is 0 Å². The van der Waals surface area contributed by atoms with Gasteiger partial charge in [-0.1, -0.05) is 30.0 Å². The number of amides is 1. The van der Waals surface area contributed by atoms with Crippen molar-refractivity contribution in [2.75, 3.05) is 20.1 Å². The molecule has 1 amide bonds. The van der Waals surface area contributed by atoms with Crippen molar-refractivity contribution < 1.29 is 22.7 Å². The van der Waals surface area contributed by atoms with Crippen molar-refractivity contribution in [2.45, 2.75) is 10.1 Å². The van der Waals surface area contributed by atoms with Crippen LogP contribution in [0.1, 0.15) is 10.4 Å². The number of ether oxygens (including phenoxy) is 2. The maximum atomic E-state index is 13.0. The van der Waals surface area contributed by atoms with Gasteiger partial charge in [-0.25, -0.2) is 12.7 Å². The molecule has 0 spiro atoms. The number of para-hydroxylation sites is 1. The van der Waals surface area contributed by atoms with Gasteiger partial charge in [0, 0.05) is 12.1 Å². The molecule has 0 N–H and O–H groups in total. The van der Waals surface area contributed by atoms with Crippen molar-refractivity contribution >= 4 is 27.7 Å². The Morgan fingerprint density at radius 3 is 2.55 bits per heavy atom. The number of rotatable bonds is 6. The van der Waals surface area contributed by atoms with Gasteiger partial charge in [0.2, 0.25) is 5.16 Å². The standard InChI is InChI=1S/C17H15N5O5S2/c1-26-12-8-13(27-2)15-14(9-12)29(24,25)21(16(15)23)10-28-17-18-19-20-22(17)11-6-4-3-5-7-11/h3-9H,10H2,1-2H3. The summed E-state index contributed by atoms with van der Waals surface area (Å²) < 4.78 is 38.5. The average Bonchev–Trinajstić information content (AvgIpc) is 3.28. The monoisotopic (exact) mass is 433 g/mol. The third-order valence-electron chi connectivity index (χ3n) is 4.26. The predicted molar refractivity (Wildman–Crippen MR) is 103 cm³/mol. The van der Waals surface area contributed by atoms with Crippen LogP contribution in [0.25, 0.3) is 5.69 Å². The van der Waals surface area contributed by atoms with Gasteiger partial charge in [-0.2, -0.15) is 4.68 Å². The summed E-state index contributed by atoms with van der Waals surface area (Å²) in [6, 6.07) is 11.9. The molecule has 1 aliphatic heterocycles. The first kappa shape index (κ1) is 19.2. The number of methoxy groups -OCH3 is 2. The molecule has 0 saturated heterocycles. The second-order valence-electron chi connectivity index (χ2n) is 5.84. The second-order valence-corrected chi connectivity index (χ2v) is 8.59. The zero-order chi connectivity index (χ0) is 20.6. The van der Waals surface area contributed by atoms with Crippen molar-refractivity contribution in [2.24, 2.45) is 0 Å². The molecule has 150 valence electrons. The highest BCUT2D eigenvalue weighted by Crippen LogP contribution is 2.40. The van der Waals surface area contributed by atoms with Crippen LogP contribution in [0.15, 0.2) is 52.5 Å². The molecule has 2 aromatic carbocycles. The van der Waals surface area contributed by atoms with Gasteiger partial charge in [-0.15, -0.1) is 5.10 Å². The Balaban J connectivity index is 1.65. The normalized spacial score (nSPS) is 14.7. The Labute approximate surface area is 170 Å². The summed E-state index contributed by atoms with van der Waals surface area (Å²) >= 11 is 1.03. The molecule has 29 heavy (non-hydrogen) atoms. The Bertz CT molecular complexity index is 1180. The summed E-state index contributed by atoms with van der Waals surface area (Å²) in [5, 5.41) is 11.8. The van der Waals surface area contributed by atoms with Gasteiger partial charge in [0.15, 0.2) is 0 Å². The molecule has 4 rings (SSSR count). The van der Waals surface area contributed by atoms with Crippen LogP contribution in [0.4, 0.5) is 0 Å². The van der Waals surface area contributed by atoms with Gasteiger partial charge >= 0.3 is 0 Å². The van der Waals surface area contributed by atoms with Gasteiger partial charge in [0.1, 0.15) is 22.0 Å². The van der Waals surface area contributed by atoms with E-state index in [4.69, 9.17) is 9.47 Å². The van der Waals surface area contributed by atoms with Crippen LogP contribution in [0.2, 0.25) is 0 Å². The number of hydrogen-bond donors (Lipinski definition) is 0. The van der Waals surface area contributed by atoms with E-state index in [1.54, 1.807) is 0 Å². The van der Waals surface area contributed by atoms with Gasteiger partial charge in [0.05, 0.1) is 25.8 Å². The molecule has 0 bridgehead atoms. The highest BCUT2D eigenvalue weighted by Gasteiger charge is 2.44. The minimum absolute atomic E-state index is 0.0171. The zero-order valence-electron chi connectivity index (χ0n) is 15.3. The largest absolute Gasteiger partial charge is 0.497 e. The van der Waals surface area contributed by atoms with Gasteiger partial charge in [-0.3, -0.25) is 4.79 Å². The molecule has 10 nitrogen and oxygen atoms in total. The van der Waals surface area contributed by atoms with Crippen LogP contribution < -0.4 is 9.47 Å². The fourth-order valence-electron chi connectivity index (χ4n) is 2.86. The molecule has 0 saturated carbocycles. The number of nitrogens with zero attached hydrogens (tertiary/aromatic N) is 5. The first-order chi connectivity index (χ1) is 14.0. The second kappa shape index (κ2) is 7.37. The molecule has 0 aliphatic carbocycles. The maximum Gasteiger partial charge on any atom is 0.273 e. The SMILES string of the molecule is COc1cc(OC)c2c(c1)S(=O)(=O)N(CSc1nnnn1-c1ccccc1)C2=O. The van der Waals surface area contributed by atoms with E-state index in [1.807, 2.05) is 30.3 Å². The number of aromatic nitrogens is 4. The molecule has 0 fully saturated rings. The quantitative estimate of drug-likeness (QED) is 0.534. The summed E-state index contributed by atoms with van der Waals surface area (Å²) in [5.41, 5.74) is 0.696. The summed E-state index contributed by atoms with van der Waals surface area (Å²) in [4.78, 5) is 12.7. The molecule has 0 unspecified atom stereocenters. The van der Waals surface area contributed by atoms with Gasteiger partial charge in [0.25, 0.3) is 15.9 Å². The number of carbonyl (C=O) groups is 1. The van der Waals surface area contributed by atoms with E-state index in [1.165, 1.54) is 31.0 Å². The highest BCUT2D eigenvalue weighted by atomic mass is 32.2. The smallest absolute Gasteiger partial charge is 0.273 e. The Hall–Kier alpha value is -3.12. The fourth-order valence-corrected chi connectivity index (χ4v) is 5.54. The molecule has 1 aliphatic rings. The van der Waals surface area contributed by atoms with Crippen LogP contribution in [0, 0.1) is 0 Å². The average molecular weight is 433 g/mol. The van der Waals surface area contributed by atoms with E-state index in [0.717, 1.165) is 16.1 Å². The third kappa shape index (κ3) is 3.19. The summed E-state index contributed by atoms with van der Waals surface area (Å²) in [6.45, 7) is 0. The van der Waals surface area contributed by atoms with Gasteiger partial charge in [-0.05, 0) is 22.6 Å². The van der Waals surface area contributed by atoms with E-state index < -0.39 is 15.9 Å². The lowest BCUT2D eigenvalue weighted by molar-refractivity contribution is 0.0884. The lowest BCUT2D eigenvalue weighted by Crippen LogP contribution is -2.29. The van der Waals surface area contributed by atoms with E-state index in [2.05, 4.69) is 15.5 Å². The first-order valence-corrected chi connectivity index (χ1v) is 10.7. The Morgan fingerprint density at radius 1 is 1.10 bits per heavy atom. The topological polar surface area (TPSA) is 117 Å². The van der Waals surface area contributed by atoms with Gasteiger partial charge < -0.3 is 9.47 Å². The first-order valence-electron chi connectivity index (χ1n) is 8.27. The summed E-state index contributed by atoms with van der Waals surface area (Å²) in [5.74, 6) is -0.464. The molecule has 0 radical (unpaired) electrons. The lowest BCUT2D eigenvalue weighted by Gasteiger charge is -2.14. The number of hydrogen-bond acceptors (Lipinski definition) is 9.